The lowest BCUT2D eigenvalue weighted by atomic mass is 10.1. The topological polar surface area (TPSA) is 56.5 Å². The van der Waals surface area contributed by atoms with Gasteiger partial charge in [-0.05, 0) is 11.6 Å². The lowest BCUT2D eigenvalue weighted by Gasteiger charge is -2.13. The molecule has 27 heavy (non-hydrogen) atoms. The molecule has 0 spiro atoms. The van der Waals surface area contributed by atoms with Crippen LogP contribution in [0.2, 0.25) is 0 Å². The number of hydrogen-bond acceptors (Lipinski definition) is 5. The van der Waals surface area contributed by atoms with Crippen molar-refractivity contribution in [3.05, 3.63) is 59.7 Å². The minimum Gasteiger partial charge on any atom is -1.00 e. The Morgan fingerprint density at radius 2 is 2.00 bits per heavy atom. The third kappa shape index (κ3) is 5.09. The van der Waals surface area contributed by atoms with Gasteiger partial charge in [0, 0.05) is 25.2 Å². The van der Waals surface area contributed by atoms with Crippen molar-refractivity contribution in [1.29, 1.82) is 0 Å². The van der Waals surface area contributed by atoms with Crippen molar-refractivity contribution in [2.75, 3.05) is 31.7 Å². The molecule has 0 bridgehead atoms. The Balaban J connectivity index is 0.00000131. The minimum absolute atomic E-state index is 0. The number of para-hydroxylation sites is 2. The van der Waals surface area contributed by atoms with E-state index < -0.39 is 0 Å². The first-order chi connectivity index (χ1) is 12.3. The number of nitrogens with zero attached hydrogens (tertiary/aromatic N) is 3. The number of anilines is 1. The van der Waals surface area contributed by atoms with Crippen LogP contribution in [0.15, 0.2) is 58.6 Å². The van der Waals surface area contributed by atoms with Gasteiger partial charge < -0.3 is 27.2 Å². The molecule has 0 amide bonds. The van der Waals surface area contributed by atoms with Gasteiger partial charge in [-0.15, -0.1) is 17.0 Å². The first kappa shape index (κ1) is 21.4. The Kier molecular flexibility index (Phi) is 7.82. The van der Waals surface area contributed by atoms with E-state index in [1.54, 1.807) is 0 Å². The van der Waals surface area contributed by atoms with Crippen LogP contribution in [0.1, 0.15) is 11.1 Å². The molecule has 0 fully saturated rings. The molecule has 0 radical (unpaired) electrons. The normalized spacial score (nSPS) is 17.6. The van der Waals surface area contributed by atoms with Gasteiger partial charge in [0.15, 0.2) is 12.4 Å². The highest BCUT2D eigenvalue weighted by atomic mass is 79.9. The van der Waals surface area contributed by atoms with Gasteiger partial charge in [0.1, 0.15) is 12.2 Å². The van der Waals surface area contributed by atoms with Gasteiger partial charge in [-0.3, -0.25) is 4.90 Å². The highest BCUT2D eigenvalue weighted by Crippen LogP contribution is 2.24. The molecular weight excluding hydrogens is 472 g/mol. The summed E-state index contributed by atoms with van der Waals surface area (Å²) in [5, 5.41) is 7.34. The van der Waals surface area contributed by atoms with E-state index in [1.165, 1.54) is 21.8 Å². The molecule has 0 aromatic heterocycles. The van der Waals surface area contributed by atoms with Gasteiger partial charge in [-0.25, -0.2) is 10.4 Å². The number of hydrogen-bond donors (Lipinski definition) is 3. The maximum Gasteiger partial charge on any atom is 0.212 e. The zero-order valence-electron chi connectivity index (χ0n) is 15.2. The third-order valence-electron chi connectivity index (χ3n) is 4.58. The number of rotatable bonds is 4. The number of halogens is 2. The largest absolute Gasteiger partial charge is 1.00 e. The number of guanidine groups is 1. The molecule has 2 aromatic carbocycles. The van der Waals surface area contributed by atoms with Gasteiger partial charge in [0.2, 0.25) is 5.96 Å². The molecule has 0 saturated carbocycles. The van der Waals surface area contributed by atoms with Crippen molar-refractivity contribution in [2.24, 2.45) is 10.1 Å². The van der Waals surface area contributed by atoms with E-state index in [0.717, 1.165) is 37.8 Å². The van der Waals surface area contributed by atoms with Crippen LogP contribution in [0.4, 0.5) is 11.4 Å². The lowest BCUT2D eigenvalue weighted by molar-refractivity contribution is -0.840. The fourth-order valence-corrected chi connectivity index (χ4v) is 3.32. The number of nitrogens with one attached hydrogen (secondary N) is 3. The molecule has 2 aromatic rings. The molecule has 2 heterocycles. The molecule has 2 aliphatic heterocycles. The Labute approximate surface area is 180 Å². The molecule has 2 aliphatic rings. The van der Waals surface area contributed by atoms with Crippen LogP contribution in [0, 0.1) is 0 Å². The van der Waals surface area contributed by atoms with E-state index in [-0.39, 0.29) is 34.0 Å². The molecule has 4 rings (SSSR count). The Morgan fingerprint density at radius 1 is 1.22 bits per heavy atom. The summed E-state index contributed by atoms with van der Waals surface area (Å²) in [6.45, 7) is 3.67. The fourth-order valence-electron chi connectivity index (χ4n) is 3.32. The molecule has 3 N–H and O–H groups in total. The average Bonchev–Trinajstić information content (AvgIpc) is 3.26. The van der Waals surface area contributed by atoms with Crippen LogP contribution in [0.25, 0.3) is 0 Å². The summed E-state index contributed by atoms with van der Waals surface area (Å²) in [4.78, 5) is 8.03. The number of quaternary nitrogens is 1. The van der Waals surface area contributed by atoms with Crippen molar-refractivity contribution in [3.8, 4) is 0 Å². The summed E-state index contributed by atoms with van der Waals surface area (Å²) in [5.74, 6) is 0.744. The third-order valence-corrected chi connectivity index (χ3v) is 4.58. The van der Waals surface area contributed by atoms with Crippen LogP contribution in [0.5, 0.6) is 0 Å². The summed E-state index contributed by atoms with van der Waals surface area (Å²) in [7, 11) is 2.15. The monoisotopic (exact) mass is 494 g/mol. The average molecular weight is 496 g/mol. The van der Waals surface area contributed by atoms with Crippen LogP contribution in [-0.4, -0.2) is 39.0 Å². The number of hydrazone groups is 1. The molecule has 6 nitrogen and oxygen atoms in total. The van der Waals surface area contributed by atoms with Crippen molar-refractivity contribution < 1.29 is 21.9 Å². The fraction of sp³-hybridized carbons (Fsp3) is 0.263. The predicted molar refractivity (Wildman–Crippen MR) is 112 cm³/mol. The highest BCUT2D eigenvalue weighted by molar-refractivity contribution is 8.93. The second-order valence-corrected chi connectivity index (χ2v) is 6.42. The van der Waals surface area contributed by atoms with E-state index >= 15 is 0 Å². The second-order valence-electron chi connectivity index (χ2n) is 6.42. The molecule has 8 heteroatoms. The zero-order chi connectivity index (χ0) is 17.1. The number of fused-ring (bicyclic) bond motifs is 1. The van der Waals surface area contributed by atoms with Crippen LogP contribution in [0.3, 0.4) is 0 Å². The molecule has 1 atom stereocenters. The van der Waals surface area contributed by atoms with Crippen molar-refractivity contribution in [1.82, 2.24) is 10.7 Å². The number of aliphatic imine (C=N–C) groups is 1. The number of benzene rings is 2. The molecule has 0 aliphatic carbocycles. The maximum atomic E-state index is 4.24. The Hall–Kier alpha value is -1.90. The first-order valence-corrected chi connectivity index (χ1v) is 8.61. The van der Waals surface area contributed by atoms with Gasteiger partial charge in [-0.2, -0.15) is 5.10 Å². The predicted octanol–water partition coefficient (Wildman–Crippen LogP) is -1.72. The van der Waals surface area contributed by atoms with Gasteiger partial charge in [0.25, 0.3) is 0 Å². The van der Waals surface area contributed by atoms with Crippen molar-refractivity contribution in [2.45, 2.75) is 6.54 Å². The molecule has 144 valence electrons. The molecule has 0 saturated heterocycles. The Morgan fingerprint density at radius 3 is 2.74 bits per heavy atom. The Bertz CT molecular complexity index is 806. The van der Waals surface area contributed by atoms with Crippen molar-refractivity contribution >= 4 is 40.5 Å². The lowest BCUT2D eigenvalue weighted by Crippen LogP contribution is -3.05. The van der Waals surface area contributed by atoms with Crippen LogP contribution >= 0.6 is 17.0 Å². The summed E-state index contributed by atoms with van der Waals surface area (Å²) >= 11 is 0. The van der Waals surface area contributed by atoms with E-state index in [4.69, 9.17) is 0 Å². The smallest absolute Gasteiger partial charge is 0.212 e. The van der Waals surface area contributed by atoms with Crippen molar-refractivity contribution in [3.63, 3.8) is 0 Å². The van der Waals surface area contributed by atoms with Crippen LogP contribution in [-0.2, 0) is 6.54 Å². The maximum absolute atomic E-state index is 4.24. The first-order valence-electron chi connectivity index (χ1n) is 8.61. The SMILES string of the molecule is Br.CN1C[NH+](Cc2ccc(/C=N/NC3=NCCN3)cc2)c2ccccc21.[Br-]. The summed E-state index contributed by atoms with van der Waals surface area (Å²) in [6.07, 6.45) is 1.82. The van der Waals surface area contributed by atoms with E-state index in [1.807, 2.05) is 6.21 Å². The van der Waals surface area contributed by atoms with Gasteiger partial charge in [-0.1, -0.05) is 36.4 Å². The summed E-state index contributed by atoms with van der Waals surface area (Å²) in [6, 6.07) is 17.2. The summed E-state index contributed by atoms with van der Waals surface area (Å²) in [5.41, 5.74) is 8.03. The highest BCUT2D eigenvalue weighted by Gasteiger charge is 2.27. The quantitative estimate of drug-likeness (QED) is 0.349. The van der Waals surface area contributed by atoms with E-state index in [2.05, 4.69) is 81.3 Å². The second kappa shape index (κ2) is 9.87. The minimum atomic E-state index is 0. The molecular formula is C19H24Br2N6. The zero-order valence-corrected chi connectivity index (χ0v) is 18.5. The van der Waals surface area contributed by atoms with E-state index in [9.17, 15) is 0 Å². The van der Waals surface area contributed by atoms with Crippen LogP contribution < -0.4 is 37.5 Å². The van der Waals surface area contributed by atoms with E-state index in [0.29, 0.717) is 0 Å². The van der Waals surface area contributed by atoms with Gasteiger partial charge in [0.05, 0.1) is 12.8 Å². The van der Waals surface area contributed by atoms with Gasteiger partial charge >= 0.3 is 0 Å². The summed E-state index contributed by atoms with van der Waals surface area (Å²) < 4.78 is 0. The standard InChI is InChI=1S/C19H22N6.2BrH/c1-24-14-25(18-5-3-2-4-17(18)24)13-16-8-6-15(7-9-16)12-22-23-19-20-10-11-21-19;;/h2-9,12H,10-11,13-14H2,1H3,(H2,20,21,23);2*1H/b22-12+;;. The molecule has 1 unspecified atom stereocenters.